The molecule has 0 radical (unpaired) electrons. The average Bonchev–Trinajstić information content (AvgIpc) is 3.15. The van der Waals surface area contributed by atoms with Gasteiger partial charge in [-0.15, -0.1) is 10.2 Å². The lowest BCUT2D eigenvalue weighted by atomic mass is 10.3. The smallest absolute Gasteiger partial charge is 0.227 e. The van der Waals surface area contributed by atoms with E-state index in [9.17, 15) is 0 Å². The summed E-state index contributed by atoms with van der Waals surface area (Å²) in [6.07, 6.45) is 3.22. The molecule has 22 heavy (non-hydrogen) atoms. The fraction of sp³-hybridized carbons (Fsp3) is 0.462. The van der Waals surface area contributed by atoms with E-state index in [1.165, 1.54) is 0 Å². The van der Waals surface area contributed by atoms with E-state index in [2.05, 4.69) is 39.9 Å². The summed E-state index contributed by atoms with van der Waals surface area (Å²) in [6.45, 7) is 5.47. The number of aryl methyl sites for hydroxylation is 1. The molecular formula is C13H17N9. The lowest BCUT2D eigenvalue weighted by Crippen LogP contribution is -2.47. The lowest BCUT2D eigenvalue weighted by molar-refractivity contribution is 0.624. The molecular weight excluding hydrogens is 282 g/mol. The van der Waals surface area contributed by atoms with Gasteiger partial charge in [-0.3, -0.25) is 0 Å². The second kappa shape index (κ2) is 4.93. The first kappa shape index (κ1) is 13.0. The van der Waals surface area contributed by atoms with E-state index in [0.29, 0.717) is 5.65 Å². The van der Waals surface area contributed by atoms with Gasteiger partial charge in [0.05, 0.1) is 6.33 Å². The normalized spacial score (nSPS) is 15.7. The van der Waals surface area contributed by atoms with Crippen LogP contribution in [0.25, 0.3) is 11.2 Å². The Bertz CT molecular complexity index is 797. The standard InChI is InChI=1S/C13H17N9/c1-9-18-19-13(20(9)2)22-5-3-21(4-6-22)12-10-11(15-7-14-10)16-8-17-12/h7-8H,3-6H2,1-2H3,(H,14,15,16,17). The van der Waals surface area contributed by atoms with Crippen molar-refractivity contribution in [3.8, 4) is 0 Å². The number of anilines is 2. The molecule has 3 aromatic rings. The Morgan fingerprint density at radius 1 is 1.00 bits per heavy atom. The molecule has 1 aliphatic heterocycles. The van der Waals surface area contributed by atoms with E-state index in [1.54, 1.807) is 12.7 Å². The molecule has 1 fully saturated rings. The minimum atomic E-state index is 0.705. The van der Waals surface area contributed by atoms with Gasteiger partial charge in [0.15, 0.2) is 11.5 Å². The van der Waals surface area contributed by atoms with Crippen molar-refractivity contribution in [2.75, 3.05) is 36.0 Å². The van der Waals surface area contributed by atoms with E-state index >= 15 is 0 Å². The largest absolute Gasteiger partial charge is 0.351 e. The van der Waals surface area contributed by atoms with Crippen molar-refractivity contribution in [3.05, 3.63) is 18.5 Å². The Balaban J connectivity index is 1.54. The number of hydrogen-bond donors (Lipinski definition) is 1. The van der Waals surface area contributed by atoms with Crippen LogP contribution in [0.5, 0.6) is 0 Å². The minimum Gasteiger partial charge on any atom is -0.351 e. The van der Waals surface area contributed by atoms with Gasteiger partial charge >= 0.3 is 0 Å². The van der Waals surface area contributed by atoms with Crippen molar-refractivity contribution in [1.29, 1.82) is 0 Å². The third-order valence-electron chi connectivity index (χ3n) is 4.13. The van der Waals surface area contributed by atoms with Gasteiger partial charge in [0.25, 0.3) is 0 Å². The van der Waals surface area contributed by atoms with E-state index in [1.807, 2.05) is 18.5 Å². The number of H-pyrrole nitrogens is 1. The fourth-order valence-electron chi connectivity index (χ4n) is 2.78. The molecule has 1 saturated heterocycles. The highest BCUT2D eigenvalue weighted by Gasteiger charge is 2.23. The van der Waals surface area contributed by atoms with Crippen LogP contribution < -0.4 is 9.80 Å². The molecule has 0 unspecified atom stereocenters. The average molecular weight is 299 g/mol. The monoisotopic (exact) mass is 299 g/mol. The summed E-state index contributed by atoms with van der Waals surface area (Å²) < 4.78 is 2.02. The summed E-state index contributed by atoms with van der Waals surface area (Å²) in [5.41, 5.74) is 1.60. The zero-order valence-electron chi connectivity index (χ0n) is 12.6. The van der Waals surface area contributed by atoms with E-state index in [0.717, 1.165) is 49.3 Å². The molecule has 114 valence electrons. The summed E-state index contributed by atoms with van der Waals surface area (Å²) in [7, 11) is 2.00. The number of piperazine rings is 1. The SMILES string of the molecule is Cc1nnc(N2CCN(c3ncnc4nc[nH]c34)CC2)n1C. The maximum Gasteiger partial charge on any atom is 0.227 e. The first-order valence-electron chi connectivity index (χ1n) is 7.24. The van der Waals surface area contributed by atoms with Crippen molar-refractivity contribution in [2.45, 2.75) is 6.92 Å². The quantitative estimate of drug-likeness (QED) is 0.718. The molecule has 0 amide bonds. The molecule has 0 aromatic carbocycles. The number of nitrogens with one attached hydrogen (secondary N) is 1. The zero-order valence-corrected chi connectivity index (χ0v) is 12.6. The first-order valence-corrected chi connectivity index (χ1v) is 7.24. The topological polar surface area (TPSA) is 91.7 Å². The van der Waals surface area contributed by atoms with Crippen molar-refractivity contribution >= 4 is 22.9 Å². The molecule has 4 heterocycles. The van der Waals surface area contributed by atoms with Gasteiger partial charge in [0.2, 0.25) is 5.95 Å². The van der Waals surface area contributed by atoms with Crippen LogP contribution >= 0.6 is 0 Å². The molecule has 1 aliphatic rings. The number of nitrogens with zero attached hydrogens (tertiary/aromatic N) is 8. The number of aromatic amines is 1. The third-order valence-corrected chi connectivity index (χ3v) is 4.13. The van der Waals surface area contributed by atoms with Crippen molar-refractivity contribution in [1.82, 2.24) is 34.7 Å². The number of imidazole rings is 1. The Morgan fingerprint density at radius 2 is 1.77 bits per heavy atom. The molecule has 0 aliphatic carbocycles. The molecule has 1 N–H and O–H groups in total. The first-order chi connectivity index (χ1) is 10.7. The number of hydrogen-bond acceptors (Lipinski definition) is 7. The maximum atomic E-state index is 4.41. The number of fused-ring (bicyclic) bond motifs is 1. The van der Waals surface area contributed by atoms with Crippen molar-refractivity contribution < 1.29 is 0 Å². The Kier molecular flexibility index (Phi) is 2.91. The van der Waals surface area contributed by atoms with Crippen LogP contribution in [0.1, 0.15) is 5.82 Å². The van der Waals surface area contributed by atoms with Gasteiger partial charge in [-0.2, -0.15) is 0 Å². The minimum absolute atomic E-state index is 0.705. The highest BCUT2D eigenvalue weighted by atomic mass is 15.4. The Morgan fingerprint density at radius 3 is 2.50 bits per heavy atom. The summed E-state index contributed by atoms with van der Waals surface area (Å²) in [5, 5.41) is 8.38. The molecule has 0 spiro atoms. The predicted octanol–water partition coefficient (Wildman–Crippen LogP) is 0.116. The molecule has 9 nitrogen and oxygen atoms in total. The molecule has 0 atom stereocenters. The van der Waals surface area contributed by atoms with Crippen LogP contribution in [0.2, 0.25) is 0 Å². The molecule has 4 rings (SSSR count). The second-order valence-corrected chi connectivity index (χ2v) is 5.38. The fourth-order valence-corrected chi connectivity index (χ4v) is 2.78. The van der Waals surface area contributed by atoms with Crippen LogP contribution in [0.4, 0.5) is 11.8 Å². The van der Waals surface area contributed by atoms with Gasteiger partial charge in [0, 0.05) is 33.2 Å². The summed E-state index contributed by atoms with van der Waals surface area (Å²) >= 11 is 0. The summed E-state index contributed by atoms with van der Waals surface area (Å²) in [4.78, 5) is 20.4. The van der Waals surface area contributed by atoms with E-state index in [4.69, 9.17) is 0 Å². The number of aromatic nitrogens is 7. The van der Waals surface area contributed by atoms with Crippen LogP contribution in [0.15, 0.2) is 12.7 Å². The number of rotatable bonds is 2. The van der Waals surface area contributed by atoms with Crippen molar-refractivity contribution in [3.63, 3.8) is 0 Å². The van der Waals surface area contributed by atoms with Gasteiger partial charge in [-0.1, -0.05) is 0 Å². The second-order valence-electron chi connectivity index (χ2n) is 5.38. The van der Waals surface area contributed by atoms with Crippen LogP contribution in [-0.4, -0.2) is 60.9 Å². The highest BCUT2D eigenvalue weighted by molar-refractivity contribution is 5.82. The molecule has 0 saturated carbocycles. The van der Waals surface area contributed by atoms with Crippen LogP contribution in [0, 0.1) is 6.92 Å². The van der Waals surface area contributed by atoms with Gasteiger partial charge < -0.3 is 19.4 Å². The third kappa shape index (κ3) is 1.97. The predicted molar refractivity (Wildman–Crippen MR) is 81.8 cm³/mol. The summed E-state index contributed by atoms with van der Waals surface area (Å²) in [5.74, 6) is 2.76. The maximum absolute atomic E-state index is 4.41. The Hall–Kier alpha value is -2.71. The zero-order chi connectivity index (χ0) is 15.1. The van der Waals surface area contributed by atoms with Gasteiger partial charge in [-0.25, -0.2) is 15.0 Å². The van der Waals surface area contributed by atoms with Gasteiger partial charge in [-0.05, 0) is 6.92 Å². The van der Waals surface area contributed by atoms with Crippen LogP contribution in [-0.2, 0) is 7.05 Å². The van der Waals surface area contributed by atoms with E-state index in [-0.39, 0.29) is 0 Å². The summed E-state index contributed by atoms with van der Waals surface area (Å²) in [6, 6.07) is 0. The van der Waals surface area contributed by atoms with Crippen molar-refractivity contribution in [2.24, 2.45) is 7.05 Å². The molecule has 9 heteroatoms. The highest BCUT2D eigenvalue weighted by Crippen LogP contribution is 2.22. The molecule has 0 bridgehead atoms. The van der Waals surface area contributed by atoms with Gasteiger partial charge in [0.1, 0.15) is 17.7 Å². The molecule has 3 aromatic heterocycles. The lowest BCUT2D eigenvalue weighted by Gasteiger charge is -2.35. The Labute approximate surface area is 127 Å². The van der Waals surface area contributed by atoms with Crippen LogP contribution in [0.3, 0.4) is 0 Å². The van der Waals surface area contributed by atoms with E-state index < -0.39 is 0 Å².